The number of rotatable bonds is 1. The number of esters is 1. The van der Waals surface area contributed by atoms with Gasteiger partial charge < -0.3 is 19.9 Å². The monoisotopic (exact) mass is 331 g/mol. The van der Waals surface area contributed by atoms with E-state index in [-0.39, 0.29) is 25.0 Å². The Morgan fingerprint density at radius 2 is 1.83 bits per heavy atom. The maximum Gasteiger partial charge on any atom is 0.337 e. The Hall–Kier alpha value is -2.57. The van der Waals surface area contributed by atoms with Gasteiger partial charge in [0.15, 0.2) is 0 Å². The van der Waals surface area contributed by atoms with E-state index in [0.29, 0.717) is 11.3 Å². The Balaban J connectivity index is 1.85. The molecule has 2 heterocycles. The third-order valence-electron chi connectivity index (χ3n) is 4.39. The number of hydrogen-bond donors (Lipinski definition) is 1. The number of ether oxygens (including phenoxy) is 1. The van der Waals surface area contributed by atoms with Crippen molar-refractivity contribution in [2.45, 2.75) is 25.8 Å². The highest BCUT2D eigenvalue weighted by molar-refractivity contribution is 5.97. The molecule has 0 aliphatic carbocycles. The fourth-order valence-corrected chi connectivity index (χ4v) is 3.14. The van der Waals surface area contributed by atoms with Gasteiger partial charge in [-0.15, -0.1) is 0 Å². The van der Waals surface area contributed by atoms with E-state index < -0.39 is 5.97 Å². The lowest BCUT2D eigenvalue weighted by atomic mass is 10.1. The minimum atomic E-state index is -0.442. The smallest absolute Gasteiger partial charge is 0.337 e. The number of nitrogens with one attached hydrogen (secondary N) is 1. The molecule has 3 rings (SSSR count). The first kappa shape index (κ1) is 16.3. The van der Waals surface area contributed by atoms with Crippen LogP contribution in [0.25, 0.3) is 0 Å². The highest BCUT2D eigenvalue weighted by Crippen LogP contribution is 2.24. The number of amides is 3. The first-order chi connectivity index (χ1) is 11.6. The lowest BCUT2D eigenvalue weighted by Crippen LogP contribution is -2.46. The topological polar surface area (TPSA) is 79.0 Å². The Kier molecular flexibility index (Phi) is 4.69. The molecule has 1 aromatic carbocycles. The first-order valence-electron chi connectivity index (χ1n) is 8.13. The van der Waals surface area contributed by atoms with Crippen LogP contribution in [0, 0.1) is 0 Å². The second-order valence-corrected chi connectivity index (χ2v) is 6.10. The number of carbonyl (C=O) groups excluding carboxylic acids is 3. The van der Waals surface area contributed by atoms with Crippen LogP contribution in [-0.4, -0.2) is 54.5 Å². The summed E-state index contributed by atoms with van der Waals surface area (Å²) in [5, 5.41) is 2.79. The maximum absolute atomic E-state index is 12.7. The molecule has 3 amide bonds. The molecule has 1 fully saturated rings. The van der Waals surface area contributed by atoms with E-state index in [4.69, 9.17) is 4.74 Å². The summed E-state index contributed by atoms with van der Waals surface area (Å²) in [6, 6.07) is 4.83. The molecule has 2 aliphatic rings. The van der Waals surface area contributed by atoms with Gasteiger partial charge in [-0.05, 0) is 43.0 Å². The predicted octanol–water partition coefficient (Wildman–Crippen LogP) is 1.83. The largest absolute Gasteiger partial charge is 0.465 e. The molecule has 7 heteroatoms. The standard InChI is InChI=1S/C17H21N3O4/c1-24-16(22)12-5-6-14-13(9-12)10-20(11-15(21)18-14)17(23)19-7-3-2-4-8-19/h5-6,9H,2-4,7-8,10-11H2,1H3,(H,18,21). The molecule has 1 aromatic rings. The predicted molar refractivity (Wildman–Crippen MR) is 87.6 cm³/mol. The van der Waals surface area contributed by atoms with Crippen molar-refractivity contribution in [1.82, 2.24) is 9.80 Å². The Morgan fingerprint density at radius 1 is 1.08 bits per heavy atom. The fourth-order valence-electron chi connectivity index (χ4n) is 3.14. The molecule has 24 heavy (non-hydrogen) atoms. The number of likely N-dealkylation sites (tertiary alicyclic amines) is 1. The van der Waals surface area contributed by atoms with E-state index in [1.807, 2.05) is 0 Å². The number of fused-ring (bicyclic) bond motifs is 1. The molecular weight excluding hydrogens is 310 g/mol. The van der Waals surface area contributed by atoms with Crippen LogP contribution in [0.2, 0.25) is 0 Å². The van der Waals surface area contributed by atoms with Gasteiger partial charge in [0.2, 0.25) is 5.91 Å². The molecule has 0 bridgehead atoms. The van der Waals surface area contributed by atoms with Crippen molar-refractivity contribution >= 4 is 23.6 Å². The van der Waals surface area contributed by atoms with Gasteiger partial charge in [0.05, 0.1) is 19.2 Å². The van der Waals surface area contributed by atoms with E-state index in [2.05, 4.69) is 5.32 Å². The Bertz CT molecular complexity index is 668. The van der Waals surface area contributed by atoms with Crippen molar-refractivity contribution < 1.29 is 19.1 Å². The van der Waals surface area contributed by atoms with Gasteiger partial charge in [0, 0.05) is 18.8 Å². The first-order valence-corrected chi connectivity index (χ1v) is 8.13. The fraction of sp³-hybridized carbons (Fsp3) is 0.471. The van der Waals surface area contributed by atoms with E-state index in [1.165, 1.54) is 12.0 Å². The molecule has 0 atom stereocenters. The lowest BCUT2D eigenvalue weighted by Gasteiger charge is -2.32. The van der Waals surface area contributed by atoms with Crippen molar-refractivity contribution in [3.63, 3.8) is 0 Å². The number of nitrogens with zero attached hydrogens (tertiary/aromatic N) is 2. The third kappa shape index (κ3) is 3.34. The number of carbonyl (C=O) groups is 3. The number of methoxy groups -OCH3 is 1. The summed E-state index contributed by atoms with van der Waals surface area (Å²) >= 11 is 0. The van der Waals surface area contributed by atoms with Gasteiger partial charge >= 0.3 is 12.0 Å². The summed E-state index contributed by atoms with van der Waals surface area (Å²) in [4.78, 5) is 39.9. The molecule has 7 nitrogen and oxygen atoms in total. The summed E-state index contributed by atoms with van der Waals surface area (Å²) in [5.41, 5.74) is 1.76. The highest BCUT2D eigenvalue weighted by Gasteiger charge is 2.28. The van der Waals surface area contributed by atoms with E-state index in [1.54, 1.807) is 23.1 Å². The minimum Gasteiger partial charge on any atom is -0.465 e. The molecule has 128 valence electrons. The number of anilines is 1. The molecule has 0 radical (unpaired) electrons. The van der Waals surface area contributed by atoms with Crippen LogP contribution in [0.15, 0.2) is 18.2 Å². The van der Waals surface area contributed by atoms with Gasteiger partial charge in [-0.3, -0.25) is 4.79 Å². The molecule has 0 spiro atoms. The number of piperidine rings is 1. The summed E-state index contributed by atoms with van der Waals surface area (Å²) in [5.74, 6) is -0.674. The van der Waals surface area contributed by atoms with Crippen molar-refractivity contribution in [3.05, 3.63) is 29.3 Å². The van der Waals surface area contributed by atoms with Crippen LogP contribution in [0.5, 0.6) is 0 Å². The average Bonchev–Trinajstić information content (AvgIpc) is 2.78. The molecule has 0 unspecified atom stereocenters. The van der Waals surface area contributed by atoms with Gasteiger partial charge in [-0.25, -0.2) is 9.59 Å². The quantitative estimate of drug-likeness (QED) is 0.796. The van der Waals surface area contributed by atoms with Crippen molar-refractivity contribution in [2.24, 2.45) is 0 Å². The lowest BCUT2D eigenvalue weighted by molar-refractivity contribution is -0.116. The summed E-state index contributed by atoms with van der Waals surface area (Å²) in [6.07, 6.45) is 3.12. The minimum absolute atomic E-state index is 0.0115. The van der Waals surface area contributed by atoms with Crippen molar-refractivity contribution in [3.8, 4) is 0 Å². The van der Waals surface area contributed by atoms with E-state index in [9.17, 15) is 14.4 Å². The van der Waals surface area contributed by atoms with Crippen LogP contribution in [0.4, 0.5) is 10.5 Å². The van der Waals surface area contributed by atoms with E-state index in [0.717, 1.165) is 37.9 Å². The van der Waals surface area contributed by atoms with Crippen LogP contribution in [0.1, 0.15) is 35.2 Å². The molecular formula is C17H21N3O4. The van der Waals surface area contributed by atoms with E-state index >= 15 is 0 Å². The zero-order valence-electron chi connectivity index (χ0n) is 13.7. The molecule has 2 aliphatic heterocycles. The van der Waals surface area contributed by atoms with Crippen molar-refractivity contribution in [1.29, 1.82) is 0 Å². The van der Waals surface area contributed by atoms with Crippen LogP contribution in [-0.2, 0) is 16.1 Å². The van der Waals surface area contributed by atoms with Gasteiger partial charge in [0.25, 0.3) is 0 Å². The highest BCUT2D eigenvalue weighted by atomic mass is 16.5. The molecule has 1 N–H and O–H groups in total. The Morgan fingerprint density at radius 3 is 2.54 bits per heavy atom. The van der Waals surface area contributed by atoms with Crippen LogP contribution < -0.4 is 5.32 Å². The second kappa shape index (κ2) is 6.90. The Labute approximate surface area is 140 Å². The maximum atomic E-state index is 12.7. The SMILES string of the molecule is COC(=O)c1ccc2c(c1)CN(C(=O)N1CCCCC1)CC(=O)N2. The molecule has 1 saturated heterocycles. The number of benzene rings is 1. The number of urea groups is 1. The van der Waals surface area contributed by atoms with Gasteiger partial charge in [-0.2, -0.15) is 0 Å². The number of hydrogen-bond acceptors (Lipinski definition) is 4. The zero-order chi connectivity index (χ0) is 17.1. The second-order valence-electron chi connectivity index (χ2n) is 6.10. The summed E-state index contributed by atoms with van der Waals surface area (Å²) in [6.45, 7) is 1.75. The summed E-state index contributed by atoms with van der Waals surface area (Å²) in [7, 11) is 1.32. The summed E-state index contributed by atoms with van der Waals surface area (Å²) < 4.78 is 4.73. The van der Waals surface area contributed by atoms with Crippen LogP contribution >= 0.6 is 0 Å². The zero-order valence-corrected chi connectivity index (χ0v) is 13.7. The van der Waals surface area contributed by atoms with Gasteiger partial charge in [0.1, 0.15) is 6.54 Å². The normalized spacial score (nSPS) is 17.6. The molecule has 0 aromatic heterocycles. The van der Waals surface area contributed by atoms with Gasteiger partial charge in [-0.1, -0.05) is 0 Å². The third-order valence-corrected chi connectivity index (χ3v) is 4.39. The average molecular weight is 331 g/mol. The van der Waals surface area contributed by atoms with Crippen molar-refractivity contribution in [2.75, 3.05) is 32.1 Å². The van der Waals surface area contributed by atoms with Crippen LogP contribution in [0.3, 0.4) is 0 Å². The molecule has 0 saturated carbocycles.